The number of ether oxygens (including phenoxy) is 3. The minimum Gasteiger partial charge on any atom is -0.480 e. The number of benzene rings is 2. The number of aromatic nitrogens is 1. The van der Waals surface area contributed by atoms with Gasteiger partial charge in [-0.05, 0) is 62.2 Å². The van der Waals surface area contributed by atoms with Crippen molar-refractivity contribution in [3.63, 3.8) is 0 Å². The Labute approximate surface area is 214 Å². The average molecular weight is 514 g/mol. The largest absolute Gasteiger partial charge is 0.480 e. The molecule has 0 bridgehead atoms. The zero-order chi connectivity index (χ0) is 26.5. The van der Waals surface area contributed by atoms with Crippen molar-refractivity contribution in [3.8, 4) is 5.88 Å². The van der Waals surface area contributed by atoms with E-state index in [4.69, 9.17) is 25.8 Å². The molecule has 2 amide bonds. The Morgan fingerprint density at radius 2 is 1.81 bits per heavy atom. The second-order valence-electron chi connectivity index (χ2n) is 8.95. The molecule has 0 saturated heterocycles. The van der Waals surface area contributed by atoms with E-state index >= 15 is 0 Å². The number of amides is 2. The maximum absolute atomic E-state index is 12.7. The Bertz CT molecular complexity index is 1300. The fourth-order valence-corrected chi connectivity index (χ4v) is 3.72. The van der Waals surface area contributed by atoms with Crippen molar-refractivity contribution >= 4 is 46.2 Å². The van der Waals surface area contributed by atoms with Gasteiger partial charge in [0, 0.05) is 22.6 Å². The maximum atomic E-state index is 12.7. The van der Waals surface area contributed by atoms with Crippen LogP contribution in [0.5, 0.6) is 5.88 Å². The van der Waals surface area contributed by atoms with Crippen LogP contribution in [0, 0.1) is 0 Å². The zero-order valence-corrected chi connectivity index (χ0v) is 21.5. The third kappa shape index (κ3) is 7.08. The first-order valence-corrected chi connectivity index (χ1v) is 11.5. The van der Waals surface area contributed by atoms with Gasteiger partial charge in [-0.3, -0.25) is 10.1 Å². The van der Waals surface area contributed by atoms with Crippen LogP contribution in [0.3, 0.4) is 0 Å². The van der Waals surface area contributed by atoms with E-state index in [-0.39, 0.29) is 30.3 Å². The number of hydrogen-bond donors (Lipinski definition) is 2. The van der Waals surface area contributed by atoms with E-state index in [0.29, 0.717) is 32.7 Å². The number of pyridine rings is 1. The van der Waals surface area contributed by atoms with E-state index in [1.54, 1.807) is 63.2 Å². The van der Waals surface area contributed by atoms with Crippen LogP contribution in [0.25, 0.3) is 10.9 Å². The van der Waals surface area contributed by atoms with Gasteiger partial charge in [0.15, 0.2) is 0 Å². The van der Waals surface area contributed by atoms with Crippen LogP contribution in [0.1, 0.15) is 42.3 Å². The molecule has 0 spiro atoms. The number of esters is 1. The Morgan fingerprint density at radius 3 is 2.47 bits per heavy atom. The standard InChI is InChI=1S/C26H28ClN3O6/c1-26(2,3)36-25(33)29-19-8-6-7-15(9-19)10-21(31)28-14-17-12-18(27)11-16-13-20(24(32)35-5)23(34-4)30-22(16)17/h6-9,11-13H,10,14H2,1-5H3,(H,28,31)(H,29,33). The van der Waals surface area contributed by atoms with Gasteiger partial charge in [-0.2, -0.15) is 0 Å². The van der Waals surface area contributed by atoms with Crippen LogP contribution in [0.4, 0.5) is 10.5 Å². The van der Waals surface area contributed by atoms with E-state index < -0.39 is 17.7 Å². The first kappa shape index (κ1) is 26.7. The average Bonchev–Trinajstić information content (AvgIpc) is 2.80. The van der Waals surface area contributed by atoms with Crippen molar-refractivity contribution in [1.29, 1.82) is 0 Å². The topological polar surface area (TPSA) is 116 Å². The molecule has 0 unspecified atom stereocenters. The molecule has 2 N–H and O–H groups in total. The molecule has 0 atom stereocenters. The predicted octanol–water partition coefficient (Wildman–Crippen LogP) is 4.89. The molecule has 10 heteroatoms. The van der Waals surface area contributed by atoms with E-state index in [1.807, 2.05) is 0 Å². The molecule has 9 nitrogen and oxygen atoms in total. The van der Waals surface area contributed by atoms with Gasteiger partial charge in [0.05, 0.1) is 26.2 Å². The lowest BCUT2D eigenvalue weighted by atomic mass is 10.1. The summed E-state index contributed by atoms with van der Waals surface area (Å²) in [6, 6.07) is 11.9. The summed E-state index contributed by atoms with van der Waals surface area (Å²) < 4.78 is 15.3. The summed E-state index contributed by atoms with van der Waals surface area (Å²) in [5.74, 6) is -0.714. The van der Waals surface area contributed by atoms with Gasteiger partial charge in [0.25, 0.3) is 0 Å². The summed E-state index contributed by atoms with van der Waals surface area (Å²) in [5.41, 5.74) is 1.97. The molecule has 1 heterocycles. The van der Waals surface area contributed by atoms with Crippen molar-refractivity contribution in [1.82, 2.24) is 10.3 Å². The third-order valence-electron chi connectivity index (χ3n) is 4.94. The van der Waals surface area contributed by atoms with Crippen LogP contribution in [0.15, 0.2) is 42.5 Å². The molecule has 36 heavy (non-hydrogen) atoms. The van der Waals surface area contributed by atoms with Crippen LogP contribution in [-0.2, 0) is 27.2 Å². The Balaban J connectivity index is 1.73. The first-order chi connectivity index (χ1) is 17.0. The summed E-state index contributed by atoms with van der Waals surface area (Å²) >= 11 is 6.27. The summed E-state index contributed by atoms with van der Waals surface area (Å²) in [6.07, 6.45) is -0.485. The van der Waals surface area contributed by atoms with Crippen molar-refractivity contribution in [2.24, 2.45) is 0 Å². The lowest BCUT2D eigenvalue weighted by molar-refractivity contribution is -0.120. The lowest BCUT2D eigenvalue weighted by Crippen LogP contribution is -2.27. The number of carbonyl (C=O) groups is 3. The molecular weight excluding hydrogens is 486 g/mol. The van der Waals surface area contributed by atoms with Gasteiger partial charge in [0.1, 0.15) is 11.2 Å². The van der Waals surface area contributed by atoms with E-state index in [2.05, 4.69) is 15.6 Å². The van der Waals surface area contributed by atoms with Crippen LogP contribution < -0.4 is 15.4 Å². The van der Waals surface area contributed by atoms with Crippen LogP contribution in [0.2, 0.25) is 5.02 Å². The number of carbonyl (C=O) groups excluding carboxylic acids is 3. The Morgan fingerprint density at radius 1 is 1.06 bits per heavy atom. The number of rotatable bonds is 7. The minimum atomic E-state index is -0.619. The molecule has 0 saturated carbocycles. The quantitative estimate of drug-likeness (QED) is 0.432. The van der Waals surface area contributed by atoms with Crippen molar-refractivity contribution in [2.75, 3.05) is 19.5 Å². The molecule has 0 aliphatic heterocycles. The van der Waals surface area contributed by atoms with E-state index in [1.165, 1.54) is 14.2 Å². The molecule has 190 valence electrons. The number of fused-ring (bicyclic) bond motifs is 1. The SMILES string of the molecule is COC(=O)c1cc2cc(Cl)cc(CNC(=O)Cc3cccc(NC(=O)OC(C)(C)C)c3)c2nc1OC. The fraction of sp³-hybridized carbons (Fsp3) is 0.308. The van der Waals surface area contributed by atoms with Crippen LogP contribution >= 0.6 is 11.6 Å². The number of methoxy groups -OCH3 is 2. The summed E-state index contributed by atoms with van der Waals surface area (Å²) in [6.45, 7) is 5.49. The second kappa shape index (κ2) is 11.3. The maximum Gasteiger partial charge on any atom is 0.412 e. The van der Waals surface area contributed by atoms with Crippen LogP contribution in [-0.4, -0.2) is 42.8 Å². The van der Waals surface area contributed by atoms with Gasteiger partial charge in [-0.15, -0.1) is 0 Å². The highest BCUT2D eigenvalue weighted by Gasteiger charge is 2.19. The zero-order valence-electron chi connectivity index (χ0n) is 20.7. The van der Waals surface area contributed by atoms with Crippen molar-refractivity contribution in [3.05, 3.63) is 64.2 Å². The number of anilines is 1. The molecule has 0 aliphatic carbocycles. The van der Waals surface area contributed by atoms with Gasteiger partial charge in [-0.25, -0.2) is 14.6 Å². The smallest absolute Gasteiger partial charge is 0.412 e. The number of nitrogens with zero attached hydrogens (tertiary/aromatic N) is 1. The molecule has 2 aromatic carbocycles. The predicted molar refractivity (Wildman–Crippen MR) is 136 cm³/mol. The van der Waals surface area contributed by atoms with Gasteiger partial charge in [0.2, 0.25) is 11.8 Å². The molecular formula is C26H28ClN3O6. The molecule has 1 aromatic heterocycles. The Hall–Kier alpha value is -3.85. The number of hydrogen-bond acceptors (Lipinski definition) is 7. The monoisotopic (exact) mass is 513 g/mol. The highest BCUT2D eigenvalue weighted by Crippen LogP contribution is 2.28. The van der Waals surface area contributed by atoms with Gasteiger partial charge in [-0.1, -0.05) is 23.7 Å². The molecule has 0 radical (unpaired) electrons. The summed E-state index contributed by atoms with van der Waals surface area (Å²) in [7, 11) is 2.68. The fourth-order valence-electron chi connectivity index (χ4n) is 3.47. The lowest BCUT2D eigenvalue weighted by Gasteiger charge is -2.19. The van der Waals surface area contributed by atoms with Crippen molar-refractivity contribution in [2.45, 2.75) is 39.3 Å². The summed E-state index contributed by atoms with van der Waals surface area (Å²) in [4.78, 5) is 41.2. The second-order valence-corrected chi connectivity index (χ2v) is 9.39. The Kier molecular flexibility index (Phi) is 8.37. The van der Waals surface area contributed by atoms with Crippen molar-refractivity contribution < 1.29 is 28.6 Å². The highest BCUT2D eigenvalue weighted by molar-refractivity contribution is 6.31. The highest BCUT2D eigenvalue weighted by atomic mass is 35.5. The molecule has 0 aliphatic rings. The van der Waals surface area contributed by atoms with E-state index in [0.717, 1.165) is 0 Å². The molecule has 3 aromatic rings. The molecule has 3 rings (SSSR count). The minimum absolute atomic E-state index is 0.0889. The third-order valence-corrected chi connectivity index (χ3v) is 5.16. The number of halogens is 1. The van der Waals surface area contributed by atoms with Gasteiger partial charge < -0.3 is 19.5 Å². The summed E-state index contributed by atoms with van der Waals surface area (Å²) in [5, 5.41) is 6.56. The normalized spacial score (nSPS) is 11.1. The van der Waals surface area contributed by atoms with Gasteiger partial charge >= 0.3 is 12.1 Å². The van der Waals surface area contributed by atoms with E-state index in [9.17, 15) is 14.4 Å². The number of nitrogens with one attached hydrogen (secondary N) is 2. The first-order valence-electron chi connectivity index (χ1n) is 11.1. The molecule has 0 fully saturated rings.